The van der Waals surface area contributed by atoms with Gasteiger partial charge in [-0.1, -0.05) is 33.6 Å². The molecule has 0 aromatic carbocycles. The van der Waals surface area contributed by atoms with Gasteiger partial charge in [-0.05, 0) is 6.92 Å². The van der Waals surface area contributed by atoms with E-state index >= 15 is 4.39 Å². The van der Waals surface area contributed by atoms with Crippen LogP contribution >= 0.6 is 0 Å². The Bertz CT molecular complexity index is 1080. The lowest BCUT2D eigenvalue weighted by Gasteiger charge is -2.30. The maximum absolute atomic E-state index is 16.1. The Morgan fingerprint density at radius 2 is 1.94 bits per heavy atom. The fourth-order valence-corrected chi connectivity index (χ4v) is 3.23. The molecule has 0 radical (unpaired) electrons. The highest BCUT2D eigenvalue weighted by Crippen LogP contribution is 2.48. The van der Waals surface area contributed by atoms with Crippen LogP contribution in [0.1, 0.15) is 39.6 Å². The average Bonchev–Trinajstić information content (AvgIpc) is 3.26. The van der Waals surface area contributed by atoms with Gasteiger partial charge in [-0.15, -0.1) is 6.42 Å². The molecule has 1 saturated heterocycles. The van der Waals surface area contributed by atoms with Gasteiger partial charge in [0, 0.05) is 0 Å². The fourth-order valence-electron chi connectivity index (χ4n) is 3.23. The first kappa shape index (κ1) is 23.6. The van der Waals surface area contributed by atoms with Crippen molar-refractivity contribution in [3.8, 4) is 12.3 Å². The van der Waals surface area contributed by atoms with Gasteiger partial charge in [0.1, 0.15) is 11.8 Å². The Hall–Kier alpha value is -3.10. The van der Waals surface area contributed by atoms with Crippen molar-refractivity contribution in [1.82, 2.24) is 19.5 Å². The molecule has 0 amide bonds. The molecule has 3 heterocycles. The summed E-state index contributed by atoms with van der Waals surface area (Å²) >= 11 is 0. The fraction of sp³-hybridized carbons (Fsp3) is 0.571. The summed E-state index contributed by atoms with van der Waals surface area (Å²) in [6.45, 7) is 6.95. The Morgan fingerprint density at radius 3 is 2.53 bits per heavy atom. The maximum Gasteiger partial charge on any atom is 0.308 e. The Kier molecular flexibility index (Phi) is 6.22. The van der Waals surface area contributed by atoms with Crippen LogP contribution in [0.3, 0.4) is 0 Å². The van der Waals surface area contributed by atoms with Crippen LogP contribution in [-0.4, -0.2) is 60.7 Å². The Morgan fingerprint density at radius 1 is 1.28 bits per heavy atom. The molecule has 2 aromatic rings. The molecule has 0 aliphatic carbocycles. The van der Waals surface area contributed by atoms with Crippen molar-refractivity contribution < 1.29 is 33.3 Å². The molecule has 3 rings (SSSR count). The number of hydrogen-bond acceptors (Lipinski definition) is 9. The van der Waals surface area contributed by atoms with Gasteiger partial charge in [0.2, 0.25) is 11.7 Å². The van der Waals surface area contributed by atoms with E-state index in [0.29, 0.717) is 11.2 Å². The Labute approximate surface area is 184 Å². The number of rotatable bonds is 6. The van der Waals surface area contributed by atoms with Crippen LogP contribution in [0, 0.1) is 31.1 Å². The molecule has 0 unspecified atom stereocenters. The number of fused-ring (bicyclic) bond motifs is 1. The summed E-state index contributed by atoms with van der Waals surface area (Å²) in [6.07, 6.45) is 4.52. The molecule has 172 valence electrons. The summed E-state index contributed by atoms with van der Waals surface area (Å²) in [5, 5.41) is 11.4. The van der Waals surface area contributed by atoms with Gasteiger partial charge >= 0.3 is 11.9 Å². The summed E-state index contributed by atoms with van der Waals surface area (Å²) < 4.78 is 33.2. The van der Waals surface area contributed by atoms with Gasteiger partial charge in [-0.2, -0.15) is 0 Å². The number of carbonyl (C=O) groups excluding carboxylic acids is 2. The van der Waals surface area contributed by atoms with E-state index in [1.807, 2.05) is 0 Å². The smallest absolute Gasteiger partial charge is 0.308 e. The van der Waals surface area contributed by atoms with Crippen LogP contribution in [0.25, 0.3) is 11.2 Å². The number of terminal acetylenes is 1. The number of aromatic nitrogens is 4. The van der Waals surface area contributed by atoms with Crippen molar-refractivity contribution >= 4 is 23.1 Å². The number of carbonyl (C=O) groups is 2. The molecule has 0 spiro atoms. The Balaban J connectivity index is 2.08. The summed E-state index contributed by atoms with van der Waals surface area (Å²) in [4.78, 5) is 36.6. The lowest BCUT2D eigenvalue weighted by Crippen LogP contribution is -2.53. The molecule has 0 saturated carbocycles. The normalized spacial score (nSPS) is 27.6. The summed E-state index contributed by atoms with van der Waals surface area (Å²) in [5.74, 6) is -3.57. The third kappa shape index (κ3) is 3.91. The van der Waals surface area contributed by atoms with Gasteiger partial charge in [0.05, 0.1) is 23.9 Å². The number of halogens is 1. The number of esters is 2. The largest absolute Gasteiger partial charge is 0.459 e. The summed E-state index contributed by atoms with van der Waals surface area (Å²) in [5.41, 5.74) is -1.34. The molecule has 1 N–H and O–H groups in total. The first-order valence-electron chi connectivity index (χ1n) is 10.0. The van der Waals surface area contributed by atoms with Crippen LogP contribution in [0.4, 0.5) is 4.39 Å². The SMILES string of the molecule is C#C[C@]1(O)[C@H](n2cnc3c(C)ncnc32)O[C@](F)(COC(=O)C(C)C)[C@H]1OC(=O)C(C)C. The number of aryl methyl sites for hydroxylation is 1. The third-order valence-electron chi connectivity index (χ3n) is 5.09. The predicted molar refractivity (Wildman–Crippen MR) is 108 cm³/mol. The lowest BCUT2D eigenvalue weighted by atomic mass is 9.93. The van der Waals surface area contributed by atoms with E-state index in [1.54, 1.807) is 20.8 Å². The van der Waals surface area contributed by atoms with E-state index in [-0.39, 0.29) is 5.65 Å². The molecule has 1 fully saturated rings. The van der Waals surface area contributed by atoms with Crippen LogP contribution in [0.15, 0.2) is 12.7 Å². The molecule has 11 heteroatoms. The molecule has 10 nitrogen and oxygen atoms in total. The van der Waals surface area contributed by atoms with Crippen molar-refractivity contribution in [3.05, 3.63) is 18.3 Å². The number of ether oxygens (including phenoxy) is 3. The number of aliphatic hydroxyl groups is 1. The number of alkyl halides is 1. The third-order valence-corrected chi connectivity index (χ3v) is 5.09. The zero-order chi connectivity index (χ0) is 23.8. The highest BCUT2D eigenvalue weighted by Gasteiger charge is 2.68. The quantitative estimate of drug-likeness (QED) is 0.516. The van der Waals surface area contributed by atoms with Gasteiger partial charge in [-0.25, -0.2) is 19.3 Å². The summed E-state index contributed by atoms with van der Waals surface area (Å²) in [7, 11) is 0. The minimum atomic E-state index is -2.94. The standard InChI is InChI=1S/C21H25FN4O6/c1-7-20(29)18(31-17(28)12(4)5)21(22,8-30-16(27)11(2)3)32-19(20)26-10-25-14-13(6)23-9-24-15(14)26/h1,9-12,18-19,29H,8H2,2-6H3/t18-,19+,20+,21+/m0/s1. The zero-order valence-electron chi connectivity index (χ0n) is 18.4. The zero-order valence-corrected chi connectivity index (χ0v) is 18.4. The minimum absolute atomic E-state index is 0.216. The minimum Gasteiger partial charge on any atom is -0.459 e. The molecule has 4 atom stereocenters. The maximum atomic E-state index is 16.1. The molecule has 1 aliphatic heterocycles. The van der Waals surface area contributed by atoms with Crippen molar-refractivity contribution in [2.45, 2.75) is 58.4 Å². The second-order valence-electron chi connectivity index (χ2n) is 8.24. The van der Waals surface area contributed by atoms with Crippen molar-refractivity contribution in [2.75, 3.05) is 6.61 Å². The lowest BCUT2D eigenvalue weighted by molar-refractivity contribution is -0.225. The highest BCUT2D eigenvalue weighted by molar-refractivity contribution is 5.74. The number of hydrogen-bond donors (Lipinski definition) is 1. The highest BCUT2D eigenvalue weighted by atomic mass is 19.2. The van der Waals surface area contributed by atoms with E-state index in [1.165, 1.54) is 31.1 Å². The van der Waals surface area contributed by atoms with Crippen LogP contribution in [0.2, 0.25) is 0 Å². The molecule has 2 aromatic heterocycles. The van der Waals surface area contributed by atoms with Crippen molar-refractivity contribution in [3.63, 3.8) is 0 Å². The number of imidazole rings is 1. The van der Waals surface area contributed by atoms with Gasteiger partial charge in [0.15, 0.2) is 18.5 Å². The molecule has 0 bridgehead atoms. The predicted octanol–water partition coefficient (Wildman–Crippen LogP) is 1.46. The van der Waals surface area contributed by atoms with Crippen LogP contribution < -0.4 is 0 Å². The molecular formula is C21H25FN4O6. The van der Waals surface area contributed by atoms with E-state index in [4.69, 9.17) is 20.6 Å². The first-order chi connectivity index (χ1) is 14.9. The molecular weight excluding hydrogens is 423 g/mol. The first-order valence-corrected chi connectivity index (χ1v) is 10.0. The van der Waals surface area contributed by atoms with E-state index < -0.39 is 54.2 Å². The second-order valence-corrected chi connectivity index (χ2v) is 8.24. The monoisotopic (exact) mass is 448 g/mol. The van der Waals surface area contributed by atoms with Crippen molar-refractivity contribution in [1.29, 1.82) is 0 Å². The van der Waals surface area contributed by atoms with Gasteiger partial charge < -0.3 is 19.3 Å². The van der Waals surface area contributed by atoms with Crippen LogP contribution in [-0.2, 0) is 23.8 Å². The second kappa shape index (κ2) is 8.44. The molecule has 32 heavy (non-hydrogen) atoms. The van der Waals surface area contributed by atoms with E-state index in [9.17, 15) is 14.7 Å². The van der Waals surface area contributed by atoms with E-state index in [2.05, 4.69) is 20.9 Å². The topological polar surface area (TPSA) is 126 Å². The van der Waals surface area contributed by atoms with Crippen molar-refractivity contribution in [2.24, 2.45) is 11.8 Å². The average molecular weight is 448 g/mol. The van der Waals surface area contributed by atoms with E-state index in [0.717, 1.165) is 0 Å². The number of nitrogens with zero attached hydrogens (tertiary/aromatic N) is 4. The van der Waals surface area contributed by atoms with Gasteiger partial charge in [0.25, 0.3) is 5.85 Å². The summed E-state index contributed by atoms with van der Waals surface area (Å²) in [6, 6.07) is 0. The van der Waals surface area contributed by atoms with Crippen LogP contribution in [0.5, 0.6) is 0 Å². The van der Waals surface area contributed by atoms with Gasteiger partial charge in [-0.3, -0.25) is 14.2 Å². The molecule has 1 aliphatic rings.